The summed E-state index contributed by atoms with van der Waals surface area (Å²) in [5.41, 5.74) is 1.80. The highest BCUT2D eigenvalue weighted by atomic mass is 35.5. The van der Waals surface area contributed by atoms with Gasteiger partial charge in [-0.05, 0) is 30.5 Å². The quantitative estimate of drug-likeness (QED) is 0.844. The molecule has 3 nitrogen and oxygen atoms in total. The fourth-order valence-corrected chi connectivity index (χ4v) is 2.34. The van der Waals surface area contributed by atoms with Crippen LogP contribution in [0.25, 0.3) is 11.0 Å². The van der Waals surface area contributed by atoms with Crippen LogP contribution in [0, 0.1) is 0 Å². The summed E-state index contributed by atoms with van der Waals surface area (Å²) in [6.45, 7) is 2.96. The molecule has 0 bridgehead atoms. The molecule has 0 aliphatic rings. The molecule has 18 heavy (non-hydrogen) atoms. The van der Waals surface area contributed by atoms with Crippen molar-refractivity contribution in [3.63, 3.8) is 0 Å². The molecule has 2 N–H and O–H groups in total. The van der Waals surface area contributed by atoms with E-state index in [9.17, 15) is 0 Å². The molecule has 1 unspecified atom stereocenters. The second-order valence-electron chi connectivity index (χ2n) is 4.35. The van der Waals surface area contributed by atoms with Gasteiger partial charge in [-0.15, -0.1) is 0 Å². The third-order valence-electron chi connectivity index (χ3n) is 3.19. The summed E-state index contributed by atoms with van der Waals surface area (Å²) in [6, 6.07) is 8.13. The molecular weight excluding hydrogens is 250 g/mol. The number of rotatable bonds is 6. The average molecular weight is 268 g/mol. The molecule has 1 aromatic heterocycles. The molecule has 4 heteroatoms. The molecule has 2 rings (SSSR count). The summed E-state index contributed by atoms with van der Waals surface area (Å²) in [5.74, 6) is 0. The Balaban J connectivity index is 2.13. The average Bonchev–Trinajstić information content (AvgIpc) is 2.70. The van der Waals surface area contributed by atoms with Gasteiger partial charge in [-0.1, -0.05) is 25.1 Å². The van der Waals surface area contributed by atoms with Crippen LogP contribution in [0.15, 0.2) is 28.7 Å². The number of aliphatic hydroxyl groups excluding tert-OH is 1. The van der Waals surface area contributed by atoms with E-state index >= 15 is 0 Å². The molecule has 0 amide bonds. The molecular formula is C14H18ClNO2. The lowest BCUT2D eigenvalue weighted by Gasteiger charge is -2.15. The van der Waals surface area contributed by atoms with Crippen LogP contribution in [0.4, 0.5) is 0 Å². The largest absolute Gasteiger partial charge is 0.444 e. The highest BCUT2D eigenvalue weighted by molar-refractivity contribution is 6.30. The second-order valence-corrected chi connectivity index (χ2v) is 4.69. The Labute approximate surface area is 112 Å². The predicted octanol–water partition coefficient (Wildman–Crippen LogP) is 3.34. The molecule has 0 aliphatic heterocycles. The molecule has 0 saturated carbocycles. The molecule has 0 fully saturated rings. The number of halogens is 1. The predicted molar refractivity (Wildman–Crippen MR) is 73.8 cm³/mol. The van der Waals surface area contributed by atoms with Crippen LogP contribution in [0.2, 0.25) is 5.22 Å². The van der Waals surface area contributed by atoms with Crippen LogP contribution in [0.1, 0.15) is 25.3 Å². The second kappa shape index (κ2) is 6.23. The van der Waals surface area contributed by atoms with E-state index in [0.29, 0.717) is 17.8 Å². The van der Waals surface area contributed by atoms with Gasteiger partial charge in [0, 0.05) is 30.1 Å². The molecule has 2 aromatic rings. The molecule has 0 spiro atoms. The SMILES string of the molecule is CCC(CCO)NCc1c(Cl)oc2ccccc12. The Morgan fingerprint density at radius 3 is 2.89 bits per heavy atom. The fourth-order valence-electron chi connectivity index (χ4n) is 2.09. The van der Waals surface area contributed by atoms with Crippen molar-refractivity contribution in [1.82, 2.24) is 5.32 Å². The summed E-state index contributed by atoms with van der Waals surface area (Å²) in [4.78, 5) is 0. The standard InChI is InChI=1S/C14H18ClNO2/c1-2-10(7-8-17)16-9-12-11-5-3-4-6-13(11)18-14(12)15/h3-6,10,16-17H,2,7-9H2,1H3. The number of benzene rings is 1. The molecule has 98 valence electrons. The minimum absolute atomic E-state index is 0.200. The van der Waals surface area contributed by atoms with Gasteiger partial charge in [0.2, 0.25) is 0 Å². The number of furan rings is 1. The maximum atomic E-state index is 8.97. The van der Waals surface area contributed by atoms with E-state index in [1.54, 1.807) is 0 Å². The van der Waals surface area contributed by atoms with Crippen molar-refractivity contribution in [2.45, 2.75) is 32.4 Å². The van der Waals surface area contributed by atoms with Crippen molar-refractivity contribution in [1.29, 1.82) is 0 Å². The van der Waals surface area contributed by atoms with E-state index in [4.69, 9.17) is 21.1 Å². The van der Waals surface area contributed by atoms with Crippen LogP contribution in [0.5, 0.6) is 0 Å². The van der Waals surface area contributed by atoms with Crippen LogP contribution in [0.3, 0.4) is 0 Å². The van der Waals surface area contributed by atoms with Crippen molar-refractivity contribution in [3.8, 4) is 0 Å². The Kier molecular flexibility index (Phi) is 4.64. The van der Waals surface area contributed by atoms with Crippen molar-refractivity contribution in [2.75, 3.05) is 6.61 Å². The molecule has 0 saturated heterocycles. The van der Waals surface area contributed by atoms with Gasteiger partial charge in [0.05, 0.1) is 0 Å². The zero-order valence-electron chi connectivity index (χ0n) is 10.4. The third-order valence-corrected chi connectivity index (χ3v) is 3.49. The fraction of sp³-hybridized carbons (Fsp3) is 0.429. The van der Waals surface area contributed by atoms with E-state index in [1.807, 2.05) is 24.3 Å². The van der Waals surface area contributed by atoms with Crippen molar-refractivity contribution in [3.05, 3.63) is 35.0 Å². The van der Waals surface area contributed by atoms with Crippen molar-refractivity contribution in [2.24, 2.45) is 0 Å². The van der Waals surface area contributed by atoms with Crippen LogP contribution in [-0.4, -0.2) is 17.8 Å². The highest BCUT2D eigenvalue weighted by Gasteiger charge is 2.13. The van der Waals surface area contributed by atoms with E-state index in [-0.39, 0.29) is 6.61 Å². The maximum absolute atomic E-state index is 8.97. The number of para-hydroxylation sites is 1. The first-order valence-electron chi connectivity index (χ1n) is 6.26. The van der Waals surface area contributed by atoms with Crippen molar-refractivity contribution >= 4 is 22.6 Å². The lowest BCUT2D eigenvalue weighted by atomic mass is 10.1. The van der Waals surface area contributed by atoms with Gasteiger partial charge in [0.25, 0.3) is 0 Å². The summed E-state index contributed by atoms with van der Waals surface area (Å²) >= 11 is 6.12. The Morgan fingerprint density at radius 2 is 2.17 bits per heavy atom. The molecule has 1 aromatic carbocycles. The van der Waals surface area contributed by atoms with Gasteiger partial charge in [-0.3, -0.25) is 0 Å². The van der Waals surface area contributed by atoms with Crippen LogP contribution >= 0.6 is 11.6 Å². The van der Waals surface area contributed by atoms with Gasteiger partial charge in [0.1, 0.15) is 5.58 Å². The number of fused-ring (bicyclic) bond motifs is 1. The molecule has 1 heterocycles. The normalized spacial score (nSPS) is 13.1. The first-order valence-corrected chi connectivity index (χ1v) is 6.64. The molecule has 0 aliphatic carbocycles. The first kappa shape index (κ1) is 13.4. The van der Waals surface area contributed by atoms with E-state index < -0.39 is 0 Å². The Hall–Kier alpha value is -1.03. The zero-order valence-corrected chi connectivity index (χ0v) is 11.2. The zero-order chi connectivity index (χ0) is 13.0. The maximum Gasteiger partial charge on any atom is 0.199 e. The van der Waals surface area contributed by atoms with E-state index in [2.05, 4.69) is 12.2 Å². The molecule has 1 atom stereocenters. The topological polar surface area (TPSA) is 45.4 Å². The number of aliphatic hydroxyl groups is 1. The number of hydrogen-bond donors (Lipinski definition) is 2. The minimum Gasteiger partial charge on any atom is -0.444 e. The summed E-state index contributed by atoms with van der Waals surface area (Å²) < 4.78 is 5.50. The summed E-state index contributed by atoms with van der Waals surface area (Å²) in [7, 11) is 0. The van der Waals surface area contributed by atoms with E-state index in [1.165, 1.54) is 0 Å². The monoisotopic (exact) mass is 267 g/mol. The van der Waals surface area contributed by atoms with Gasteiger partial charge < -0.3 is 14.8 Å². The van der Waals surface area contributed by atoms with Crippen LogP contribution in [-0.2, 0) is 6.54 Å². The summed E-state index contributed by atoms with van der Waals surface area (Å²) in [5, 5.41) is 13.9. The van der Waals surface area contributed by atoms with Gasteiger partial charge in [0.15, 0.2) is 5.22 Å². The lowest BCUT2D eigenvalue weighted by Crippen LogP contribution is -2.28. The Bertz CT molecular complexity index is 509. The number of nitrogens with one attached hydrogen (secondary N) is 1. The lowest BCUT2D eigenvalue weighted by molar-refractivity contribution is 0.262. The first-order chi connectivity index (χ1) is 8.76. The molecule has 0 radical (unpaired) electrons. The smallest absolute Gasteiger partial charge is 0.199 e. The third kappa shape index (κ3) is 2.86. The van der Waals surface area contributed by atoms with Gasteiger partial charge in [-0.25, -0.2) is 0 Å². The highest BCUT2D eigenvalue weighted by Crippen LogP contribution is 2.29. The number of hydrogen-bond acceptors (Lipinski definition) is 3. The van der Waals surface area contributed by atoms with Crippen LogP contribution < -0.4 is 5.32 Å². The van der Waals surface area contributed by atoms with E-state index in [0.717, 1.165) is 29.4 Å². The van der Waals surface area contributed by atoms with Crippen molar-refractivity contribution < 1.29 is 9.52 Å². The minimum atomic E-state index is 0.200. The van der Waals surface area contributed by atoms with Gasteiger partial charge in [-0.2, -0.15) is 0 Å². The Morgan fingerprint density at radius 1 is 1.39 bits per heavy atom. The summed E-state index contributed by atoms with van der Waals surface area (Å²) in [6.07, 6.45) is 1.73. The van der Waals surface area contributed by atoms with Gasteiger partial charge >= 0.3 is 0 Å².